The van der Waals surface area contributed by atoms with Crippen LogP contribution >= 0.6 is 0 Å². The van der Waals surface area contributed by atoms with Crippen LogP contribution in [-0.4, -0.2) is 37.2 Å². The van der Waals surface area contributed by atoms with E-state index in [1.807, 2.05) is 0 Å². The Balaban J connectivity index is 4.29. The van der Waals surface area contributed by atoms with Gasteiger partial charge in [0.1, 0.15) is 13.2 Å². The lowest BCUT2D eigenvalue weighted by molar-refractivity contribution is -0.167. The fourth-order valence-electron chi connectivity index (χ4n) is 7.81. The monoisotopic (exact) mass is 821 g/mol. The van der Waals surface area contributed by atoms with Crippen LogP contribution < -0.4 is 0 Å². The predicted molar refractivity (Wildman–Crippen MR) is 247 cm³/mol. The number of rotatable bonds is 46. The minimum atomic E-state index is -0.761. The summed E-state index contributed by atoms with van der Waals surface area (Å²) in [5.74, 6) is 0.816. The second-order valence-electron chi connectivity index (χ2n) is 18.8. The van der Waals surface area contributed by atoms with E-state index < -0.39 is 6.10 Å². The molecule has 0 aliphatic rings. The Hall–Kier alpha value is -1.59. The van der Waals surface area contributed by atoms with E-state index in [2.05, 4.69) is 34.6 Å². The summed E-state index contributed by atoms with van der Waals surface area (Å²) >= 11 is 0. The highest BCUT2D eigenvalue weighted by Gasteiger charge is 2.19. The molecule has 58 heavy (non-hydrogen) atoms. The molecule has 0 aromatic rings. The normalized spacial score (nSPS) is 12.1. The second kappa shape index (κ2) is 44.9. The molecular weight excluding hydrogens is 721 g/mol. The van der Waals surface area contributed by atoms with Gasteiger partial charge in [-0.25, -0.2) is 0 Å². The SMILES string of the molecule is CCCCCCCCCCCCC(=O)OC[C@@H](COC(=O)CCCCCCCCCCCCCC(C)C)OC(=O)CCCCCCCCCCCCCCCC(C)C. The fraction of sp³-hybridized carbons (Fsp3) is 0.942. The minimum absolute atomic E-state index is 0.0638. The molecule has 0 radical (unpaired) electrons. The Morgan fingerprint density at radius 2 is 0.569 bits per heavy atom. The van der Waals surface area contributed by atoms with Crippen LogP contribution in [0.3, 0.4) is 0 Å². The standard InChI is InChI=1S/C52H100O6/c1-6-7-8-9-10-11-22-27-32-37-42-50(53)56-45-49(46-57-51(54)43-38-33-28-23-19-15-17-21-26-31-36-41-48(4)5)58-52(55)44-39-34-29-24-18-14-12-13-16-20-25-30-35-40-47(2)3/h47-49H,6-46H2,1-5H3/t49-/m0/s1. The van der Waals surface area contributed by atoms with Gasteiger partial charge in [-0.1, -0.05) is 247 Å². The molecule has 0 saturated heterocycles. The Kier molecular flexibility index (Phi) is 43.7. The summed E-state index contributed by atoms with van der Waals surface area (Å²) in [6, 6.07) is 0. The van der Waals surface area contributed by atoms with Gasteiger partial charge in [-0.3, -0.25) is 14.4 Å². The molecule has 0 amide bonds. The zero-order valence-electron chi connectivity index (χ0n) is 39.7. The molecule has 6 nitrogen and oxygen atoms in total. The summed E-state index contributed by atoms with van der Waals surface area (Å²) in [6.07, 6.45) is 45.1. The van der Waals surface area contributed by atoms with Gasteiger partial charge < -0.3 is 14.2 Å². The van der Waals surface area contributed by atoms with E-state index in [-0.39, 0.29) is 31.1 Å². The van der Waals surface area contributed by atoms with Gasteiger partial charge in [-0.15, -0.1) is 0 Å². The maximum absolute atomic E-state index is 12.8. The topological polar surface area (TPSA) is 78.9 Å². The molecule has 0 aliphatic heterocycles. The fourth-order valence-corrected chi connectivity index (χ4v) is 7.81. The molecule has 1 atom stereocenters. The number of carbonyl (C=O) groups is 3. The van der Waals surface area contributed by atoms with Crippen LogP contribution in [0.1, 0.15) is 285 Å². The number of ether oxygens (including phenoxy) is 3. The maximum Gasteiger partial charge on any atom is 0.306 e. The van der Waals surface area contributed by atoms with Crippen molar-refractivity contribution in [3.05, 3.63) is 0 Å². The molecule has 0 aliphatic carbocycles. The molecule has 0 unspecified atom stereocenters. The van der Waals surface area contributed by atoms with E-state index >= 15 is 0 Å². The van der Waals surface area contributed by atoms with Crippen LogP contribution in [0, 0.1) is 11.8 Å². The molecule has 0 fully saturated rings. The largest absolute Gasteiger partial charge is 0.462 e. The van der Waals surface area contributed by atoms with Crippen LogP contribution in [-0.2, 0) is 28.6 Å². The summed E-state index contributed by atoms with van der Waals surface area (Å²) < 4.78 is 16.8. The van der Waals surface area contributed by atoms with Gasteiger partial charge in [0.15, 0.2) is 6.10 Å². The van der Waals surface area contributed by atoms with Gasteiger partial charge in [0, 0.05) is 19.3 Å². The van der Waals surface area contributed by atoms with E-state index in [1.54, 1.807) is 0 Å². The van der Waals surface area contributed by atoms with E-state index in [9.17, 15) is 14.4 Å². The molecule has 344 valence electrons. The Morgan fingerprint density at radius 3 is 0.845 bits per heavy atom. The van der Waals surface area contributed by atoms with E-state index in [4.69, 9.17) is 14.2 Å². The number of carbonyl (C=O) groups excluding carboxylic acids is 3. The quantitative estimate of drug-likeness (QED) is 0.0346. The highest BCUT2D eigenvalue weighted by molar-refractivity contribution is 5.71. The van der Waals surface area contributed by atoms with Crippen LogP contribution in [0.15, 0.2) is 0 Å². The molecule has 0 rings (SSSR count). The number of hydrogen-bond donors (Lipinski definition) is 0. The molecule has 0 heterocycles. The first-order valence-corrected chi connectivity index (χ1v) is 25.7. The number of esters is 3. The Morgan fingerprint density at radius 1 is 0.328 bits per heavy atom. The van der Waals surface area contributed by atoms with Crippen molar-refractivity contribution < 1.29 is 28.6 Å². The van der Waals surface area contributed by atoms with Crippen molar-refractivity contribution >= 4 is 17.9 Å². The third-order valence-electron chi connectivity index (χ3n) is 11.7. The van der Waals surface area contributed by atoms with E-state index in [0.29, 0.717) is 19.3 Å². The van der Waals surface area contributed by atoms with Gasteiger partial charge in [-0.05, 0) is 31.1 Å². The highest BCUT2D eigenvalue weighted by atomic mass is 16.6. The molecule has 0 bridgehead atoms. The van der Waals surface area contributed by atoms with Crippen molar-refractivity contribution in [1.82, 2.24) is 0 Å². The molecule has 6 heteroatoms. The molecule has 0 aromatic carbocycles. The summed E-state index contributed by atoms with van der Waals surface area (Å²) in [5.41, 5.74) is 0. The average molecular weight is 821 g/mol. The molecule has 0 spiro atoms. The molecule has 0 saturated carbocycles. The first-order valence-electron chi connectivity index (χ1n) is 25.7. The van der Waals surface area contributed by atoms with Crippen LogP contribution in [0.2, 0.25) is 0 Å². The van der Waals surface area contributed by atoms with Crippen LogP contribution in [0.4, 0.5) is 0 Å². The zero-order valence-corrected chi connectivity index (χ0v) is 39.7. The third kappa shape index (κ3) is 45.5. The third-order valence-corrected chi connectivity index (χ3v) is 11.7. The predicted octanol–water partition coefficient (Wildman–Crippen LogP) is 16.5. The minimum Gasteiger partial charge on any atom is -0.462 e. The van der Waals surface area contributed by atoms with Gasteiger partial charge in [-0.2, -0.15) is 0 Å². The Labute approximate surface area is 361 Å². The van der Waals surface area contributed by atoms with Gasteiger partial charge in [0.25, 0.3) is 0 Å². The van der Waals surface area contributed by atoms with Crippen molar-refractivity contribution in [2.24, 2.45) is 11.8 Å². The highest BCUT2D eigenvalue weighted by Crippen LogP contribution is 2.17. The number of unbranched alkanes of at least 4 members (excludes halogenated alkanes) is 31. The smallest absolute Gasteiger partial charge is 0.306 e. The second-order valence-corrected chi connectivity index (χ2v) is 18.8. The van der Waals surface area contributed by atoms with Crippen LogP contribution in [0.25, 0.3) is 0 Å². The van der Waals surface area contributed by atoms with Gasteiger partial charge in [0.05, 0.1) is 0 Å². The van der Waals surface area contributed by atoms with Crippen molar-refractivity contribution in [2.75, 3.05) is 13.2 Å². The van der Waals surface area contributed by atoms with Crippen molar-refractivity contribution in [2.45, 2.75) is 291 Å². The van der Waals surface area contributed by atoms with Gasteiger partial charge in [0.2, 0.25) is 0 Å². The summed E-state index contributed by atoms with van der Waals surface area (Å²) in [6.45, 7) is 11.4. The summed E-state index contributed by atoms with van der Waals surface area (Å²) in [5, 5.41) is 0. The first-order chi connectivity index (χ1) is 28.2. The molecular formula is C52H100O6. The van der Waals surface area contributed by atoms with Crippen LogP contribution in [0.5, 0.6) is 0 Å². The van der Waals surface area contributed by atoms with Gasteiger partial charge >= 0.3 is 17.9 Å². The number of hydrogen-bond acceptors (Lipinski definition) is 6. The van der Waals surface area contributed by atoms with Crippen molar-refractivity contribution in [3.63, 3.8) is 0 Å². The zero-order chi connectivity index (χ0) is 42.6. The lowest BCUT2D eigenvalue weighted by Gasteiger charge is -2.18. The lowest BCUT2D eigenvalue weighted by Crippen LogP contribution is -2.30. The summed E-state index contributed by atoms with van der Waals surface area (Å²) in [7, 11) is 0. The first kappa shape index (κ1) is 56.4. The lowest BCUT2D eigenvalue weighted by atomic mass is 10.0. The Bertz CT molecular complexity index is 885. The van der Waals surface area contributed by atoms with E-state index in [0.717, 1.165) is 69.6 Å². The molecule has 0 aromatic heterocycles. The van der Waals surface area contributed by atoms with Crippen molar-refractivity contribution in [3.8, 4) is 0 Å². The summed E-state index contributed by atoms with van der Waals surface area (Å²) in [4.78, 5) is 37.9. The van der Waals surface area contributed by atoms with E-state index in [1.165, 1.54) is 173 Å². The molecule has 0 N–H and O–H groups in total. The van der Waals surface area contributed by atoms with Crippen molar-refractivity contribution in [1.29, 1.82) is 0 Å². The maximum atomic E-state index is 12.8. The average Bonchev–Trinajstić information content (AvgIpc) is 3.19.